The molecular weight excluding hydrogens is 288 g/mol. The molecule has 0 spiro atoms. The molecule has 0 unspecified atom stereocenters. The van der Waals surface area contributed by atoms with E-state index in [0.29, 0.717) is 11.4 Å². The van der Waals surface area contributed by atoms with E-state index < -0.39 is 11.9 Å². The summed E-state index contributed by atoms with van der Waals surface area (Å²) in [6, 6.07) is 7.14. The van der Waals surface area contributed by atoms with Gasteiger partial charge in [-0.05, 0) is 12.1 Å². The van der Waals surface area contributed by atoms with Crippen molar-refractivity contribution in [2.45, 2.75) is 6.42 Å². The van der Waals surface area contributed by atoms with Crippen LogP contribution in [-0.4, -0.2) is 45.1 Å². The minimum Gasteiger partial charge on any atom is -0.495 e. The lowest BCUT2D eigenvalue weighted by molar-refractivity contribution is -0.141. The highest BCUT2D eigenvalue weighted by atomic mass is 16.5. The van der Waals surface area contributed by atoms with Crippen LogP contribution >= 0.6 is 0 Å². The fourth-order valence-electron chi connectivity index (χ4n) is 2.34. The molecule has 1 fully saturated rings. The highest BCUT2D eigenvalue weighted by Gasteiger charge is 2.36. The average molecular weight is 306 g/mol. The van der Waals surface area contributed by atoms with Crippen LogP contribution in [0.1, 0.15) is 6.42 Å². The molecule has 1 heterocycles. The largest absolute Gasteiger partial charge is 0.495 e. The molecular formula is C15H18N2O5. The number of para-hydroxylation sites is 2. The summed E-state index contributed by atoms with van der Waals surface area (Å²) in [5.41, 5.74) is 0.637. The van der Waals surface area contributed by atoms with Crippen LogP contribution in [0.5, 0.6) is 5.75 Å². The van der Waals surface area contributed by atoms with E-state index in [4.69, 9.17) is 4.74 Å². The van der Waals surface area contributed by atoms with Crippen LogP contribution in [-0.2, 0) is 19.1 Å². The van der Waals surface area contributed by atoms with Crippen molar-refractivity contribution in [2.75, 3.05) is 32.2 Å². The van der Waals surface area contributed by atoms with Crippen LogP contribution in [0.25, 0.3) is 0 Å². The van der Waals surface area contributed by atoms with E-state index in [1.54, 1.807) is 18.2 Å². The summed E-state index contributed by atoms with van der Waals surface area (Å²) < 4.78 is 9.70. The van der Waals surface area contributed by atoms with Crippen LogP contribution in [0.4, 0.5) is 5.69 Å². The van der Waals surface area contributed by atoms with Gasteiger partial charge in [0.25, 0.3) is 0 Å². The lowest BCUT2D eigenvalue weighted by atomic mass is 10.1. The van der Waals surface area contributed by atoms with Crippen molar-refractivity contribution in [3.63, 3.8) is 0 Å². The molecule has 0 bridgehead atoms. The van der Waals surface area contributed by atoms with Gasteiger partial charge in [0.15, 0.2) is 0 Å². The standard InChI is InChI=1S/C15H18N2O5/c1-21-12-6-4-3-5-11(12)17-9-10(7-13(17)18)15(20)16-8-14(19)22-2/h3-6,10H,7-9H2,1-2H3,(H,16,20)/t10-/m1/s1. The van der Waals surface area contributed by atoms with E-state index >= 15 is 0 Å². The van der Waals surface area contributed by atoms with Crippen molar-refractivity contribution >= 4 is 23.5 Å². The third kappa shape index (κ3) is 3.36. The van der Waals surface area contributed by atoms with Gasteiger partial charge in [0.2, 0.25) is 11.8 Å². The zero-order chi connectivity index (χ0) is 16.1. The molecule has 1 atom stereocenters. The predicted molar refractivity (Wildman–Crippen MR) is 78.5 cm³/mol. The maximum Gasteiger partial charge on any atom is 0.325 e. The summed E-state index contributed by atoms with van der Waals surface area (Å²) in [4.78, 5) is 36.7. The second kappa shape index (κ2) is 6.93. The van der Waals surface area contributed by atoms with Crippen molar-refractivity contribution in [1.82, 2.24) is 5.32 Å². The first-order chi connectivity index (χ1) is 10.6. The van der Waals surface area contributed by atoms with Gasteiger partial charge in [-0.1, -0.05) is 12.1 Å². The summed E-state index contributed by atoms with van der Waals surface area (Å²) >= 11 is 0. The highest BCUT2D eigenvalue weighted by Crippen LogP contribution is 2.32. The maximum atomic E-state index is 12.2. The van der Waals surface area contributed by atoms with Gasteiger partial charge in [0.05, 0.1) is 25.8 Å². The third-order valence-corrected chi connectivity index (χ3v) is 3.51. The molecule has 0 aliphatic carbocycles. The number of hydrogen-bond donors (Lipinski definition) is 1. The molecule has 7 heteroatoms. The van der Waals surface area contributed by atoms with E-state index in [0.717, 1.165) is 0 Å². The summed E-state index contributed by atoms with van der Waals surface area (Å²) in [7, 11) is 2.77. The molecule has 1 aliphatic heterocycles. The number of amides is 2. The number of esters is 1. The Kier molecular flexibility index (Phi) is 4.98. The average Bonchev–Trinajstić information content (AvgIpc) is 2.93. The smallest absolute Gasteiger partial charge is 0.325 e. The number of nitrogens with zero attached hydrogens (tertiary/aromatic N) is 1. The third-order valence-electron chi connectivity index (χ3n) is 3.51. The minimum absolute atomic E-state index is 0.102. The first-order valence-corrected chi connectivity index (χ1v) is 6.84. The van der Waals surface area contributed by atoms with Crippen LogP contribution in [0.15, 0.2) is 24.3 Å². The molecule has 1 N–H and O–H groups in total. The lowest BCUT2D eigenvalue weighted by Crippen LogP contribution is -2.36. The molecule has 0 radical (unpaired) electrons. The molecule has 1 aromatic rings. The number of benzene rings is 1. The molecule has 1 saturated heterocycles. The van der Waals surface area contributed by atoms with E-state index in [9.17, 15) is 14.4 Å². The van der Waals surface area contributed by atoms with Gasteiger partial charge < -0.3 is 19.7 Å². The number of anilines is 1. The monoisotopic (exact) mass is 306 g/mol. The van der Waals surface area contributed by atoms with Crippen LogP contribution < -0.4 is 15.0 Å². The molecule has 0 aromatic heterocycles. The normalized spacial score (nSPS) is 17.3. The Labute approximate surface area is 128 Å². The molecule has 2 rings (SSSR count). The summed E-state index contributed by atoms with van der Waals surface area (Å²) in [5, 5.41) is 2.47. The number of rotatable bonds is 5. The quantitative estimate of drug-likeness (QED) is 0.793. The SMILES string of the molecule is COC(=O)CNC(=O)[C@@H]1CC(=O)N(c2ccccc2OC)C1. The van der Waals surface area contributed by atoms with Crippen molar-refractivity contribution in [1.29, 1.82) is 0 Å². The molecule has 1 aliphatic rings. The summed E-state index contributed by atoms with van der Waals surface area (Å²) in [6.45, 7) is 0.0564. The highest BCUT2D eigenvalue weighted by molar-refractivity contribution is 6.01. The van der Waals surface area contributed by atoms with Gasteiger partial charge in [0, 0.05) is 13.0 Å². The van der Waals surface area contributed by atoms with E-state index in [2.05, 4.69) is 10.1 Å². The summed E-state index contributed by atoms with van der Waals surface area (Å²) in [6.07, 6.45) is 0.102. The molecule has 118 valence electrons. The molecule has 2 amide bonds. The number of hydrogen-bond acceptors (Lipinski definition) is 5. The fourth-order valence-corrected chi connectivity index (χ4v) is 2.34. The molecule has 22 heavy (non-hydrogen) atoms. The zero-order valence-electron chi connectivity index (χ0n) is 12.5. The molecule has 0 saturated carbocycles. The van der Waals surface area contributed by atoms with Gasteiger partial charge in [-0.2, -0.15) is 0 Å². The first kappa shape index (κ1) is 15.8. The van der Waals surface area contributed by atoms with E-state index in [1.807, 2.05) is 6.07 Å². The number of ether oxygens (including phenoxy) is 2. The molecule has 7 nitrogen and oxygen atoms in total. The molecule has 1 aromatic carbocycles. The predicted octanol–water partition coefficient (Wildman–Crippen LogP) is 0.337. The van der Waals surface area contributed by atoms with Gasteiger partial charge in [-0.3, -0.25) is 14.4 Å². The van der Waals surface area contributed by atoms with Crippen molar-refractivity contribution < 1.29 is 23.9 Å². The van der Waals surface area contributed by atoms with Crippen molar-refractivity contribution in [2.24, 2.45) is 5.92 Å². The number of methoxy groups -OCH3 is 2. The van der Waals surface area contributed by atoms with Crippen LogP contribution in [0.2, 0.25) is 0 Å². The summed E-state index contributed by atoms with van der Waals surface area (Å²) in [5.74, 6) is -0.938. The number of carbonyl (C=O) groups is 3. The number of nitrogens with one attached hydrogen (secondary N) is 1. The van der Waals surface area contributed by atoms with Gasteiger partial charge in [-0.15, -0.1) is 0 Å². The second-order valence-electron chi connectivity index (χ2n) is 4.87. The topological polar surface area (TPSA) is 84.9 Å². The van der Waals surface area contributed by atoms with E-state index in [-0.39, 0.29) is 31.3 Å². The van der Waals surface area contributed by atoms with Crippen molar-refractivity contribution in [3.8, 4) is 5.75 Å². The maximum absolute atomic E-state index is 12.2. The van der Waals surface area contributed by atoms with Crippen molar-refractivity contribution in [3.05, 3.63) is 24.3 Å². The van der Waals surface area contributed by atoms with Crippen LogP contribution in [0, 0.1) is 5.92 Å². The lowest BCUT2D eigenvalue weighted by Gasteiger charge is -2.19. The minimum atomic E-state index is -0.528. The number of carbonyl (C=O) groups excluding carboxylic acids is 3. The van der Waals surface area contributed by atoms with Crippen LogP contribution in [0.3, 0.4) is 0 Å². The fraction of sp³-hybridized carbons (Fsp3) is 0.400. The van der Waals surface area contributed by atoms with E-state index in [1.165, 1.54) is 19.1 Å². The van der Waals surface area contributed by atoms with Gasteiger partial charge >= 0.3 is 5.97 Å². The zero-order valence-corrected chi connectivity index (χ0v) is 12.5. The first-order valence-electron chi connectivity index (χ1n) is 6.84. The Bertz CT molecular complexity index is 587. The van der Waals surface area contributed by atoms with Gasteiger partial charge in [-0.25, -0.2) is 0 Å². The Hall–Kier alpha value is -2.57. The Balaban J connectivity index is 2.04. The Morgan fingerprint density at radius 3 is 2.73 bits per heavy atom. The Morgan fingerprint density at radius 1 is 1.32 bits per heavy atom. The second-order valence-corrected chi connectivity index (χ2v) is 4.87. The van der Waals surface area contributed by atoms with Gasteiger partial charge in [0.1, 0.15) is 12.3 Å². The Morgan fingerprint density at radius 2 is 2.05 bits per heavy atom.